The highest BCUT2D eigenvalue weighted by atomic mass is 35.5. The van der Waals surface area contributed by atoms with E-state index in [4.69, 9.17) is 11.6 Å². The van der Waals surface area contributed by atoms with Gasteiger partial charge < -0.3 is 0 Å². The molecule has 0 amide bonds. The lowest BCUT2D eigenvalue weighted by Crippen LogP contribution is -2.04. The SMILES string of the molecule is C/C(=N\Nc1nc(-c2ccccc2)cc(-c2ccc(Cl)cc2)n1)c1ccc(C)cc1. The molecule has 1 N–H and O–H groups in total. The fourth-order valence-electron chi connectivity index (χ4n) is 3.02. The molecule has 4 aromatic rings. The molecule has 0 fully saturated rings. The predicted octanol–water partition coefficient (Wildman–Crippen LogP) is 6.61. The zero-order valence-corrected chi connectivity index (χ0v) is 17.6. The van der Waals surface area contributed by atoms with Crippen molar-refractivity contribution in [1.29, 1.82) is 0 Å². The van der Waals surface area contributed by atoms with Crippen LogP contribution in [0.2, 0.25) is 5.02 Å². The maximum atomic E-state index is 6.05. The Hall–Kier alpha value is -3.50. The van der Waals surface area contributed by atoms with Crippen LogP contribution in [0.4, 0.5) is 5.95 Å². The fraction of sp³-hybridized carbons (Fsp3) is 0.0800. The summed E-state index contributed by atoms with van der Waals surface area (Å²) in [5.41, 5.74) is 9.74. The van der Waals surface area contributed by atoms with Gasteiger partial charge in [-0.25, -0.2) is 15.4 Å². The molecule has 1 heterocycles. The molecule has 0 radical (unpaired) electrons. The molecule has 0 saturated heterocycles. The Morgan fingerprint density at radius 1 is 0.800 bits per heavy atom. The second kappa shape index (κ2) is 8.89. The average molecular weight is 413 g/mol. The summed E-state index contributed by atoms with van der Waals surface area (Å²) in [4.78, 5) is 9.34. The van der Waals surface area contributed by atoms with Crippen LogP contribution in [-0.2, 0) is 0 Å². The van der Waals surface area contributed by atoms with E-state index in [9.17, 15) is 0 Å². The Labute approximate surface area is 181 Å². The third-order valence-corrected chi connectivity index (χ3v) is 4.98. The molecular formula is C25H21ClN4. The van der Waals surface area contributed by atoms with Crippen molar-refractivity contribution in [2.45, 2.75) is 13.8 Å². The highest BCUT2D eigenvalue weighted by Gasteiger charge is 2.09. The standard InChI is InChI=1S/C25H21ClN4/c1-17-8-10-19(11-9-17)18(2)29-30-25-27-23(20-6-4-3-5-7-20)16-24(28-25)21-12-14-22(26)15-13-21/h3-16H,1-2H3,(H,27,28,30)/b29-18+. The van der Waals surface area contributed by atoms with Gasteiger partial charge in [-0.1, -0.05) is 83.9 Å². The van der Waals surface area contributed by atoms with Crippen molar-refractivity contribution in [1.82, 2.24) is 9.97 Å². The van der Waals surface area contributed by atoms with E-state index >= 15 is 0 Å². The summed E-state index contributed by atoms with van der Waals surface area (Å²) in [6, 6.07) is 27.8. The van der Waals surface area contributed by atoms with Crippen LogP contribution in [0.5, 0.6) is 0 Å². The van der Waals surface area contributed by atoms with E-state index in [2.05, 4.69) is 51.7 Å². The Morgan fingerprint density at radius 2 is 1.40 bits per heavy atom. The summed E-state index contributed by atoms with van der Waals surface area (Å²) < 4.78 is 0. The average Bonchev–Trinajstić information content (AvgIpc) is 2.79. The molecule has 0 saturated carbocycles. The number of aryl methyl sites for hydroxylation is 1. The first-order chi connectivity index (χ1) is 14.6. The van der Waals surface area contributed by atoms with Crippen molar-refractivity contribution in [3.63, 3.8) is 0 Å². The molecule has 4 rings (SSSR count). The van der Waals surface area contributed by atoms with E-state index in [-0.39, 0.29) is 0 Å². The zero-order valence-electron chi connectivity index (χ0n) is 16.8. The van der Waals surface area contributed by atoms with Crippen molar-refractivity contribution < 1.29 is 0 Å². The van der Waals surface area contributed by atoms with Crippen LogP contribution in [0.3, 0.4) is 0 Å². The number of nitrogens with zero attached hydrogens (tertiary/aromatic N) is 3. The molecular weight excluding hydrogens is 392 g/mol. The first kappa shape index (κ1) is 19.8. The molecule has 0 aliphatic heterocycles. The van der Waals surface area contributed by atoms with Crippen LogP contribution < -0.4 is 5.43 Å². The molecule has 0 aliphatic carbocycles. The first-order valence-electron chi connectivity index (χ1n) is 9.66. The normalized spacial score (nSPS) is 11.4. The lowest BCUT2D eigenvalue weighted by molar-refractivity contribution is 1.12. The Morgan fingerprint density at radius 3 is 2.03 bits per heavy atom. The maximum absolute atomic E-state index is 6.05. The molecule has 30 heavy (non-hydrogen) atoms. The molecule has 0 unspecified atom stereocenters. The topological polar surface area (TPSA) is 50.2 Å². The number of rotatable bonds is 5. The van der Waals surface area contributed by atoms with E-state index in [1.165, 1.54) is 5.56 Å². The minimum atomic E-state index is 0.438. The quantitative estimate of drug-likeness (QED) is 0.296. The van der Waals surface area contributed by atoms with Gasteiger partial charge in [-0.2, -0.15) is 5.10 Å². The number of benzene rings is 3. The van der Waals surface area contributed by atoms with Crippen LogP contribution in [0.1, 0.15) is 18.1 Å². The van der Waals surface area contributed by atoms with E-state index < -0.39 is 0 Å². The smallest absolute Gasteiger partial charge is 0.244 e. The number of halogens is 1. The van der Waals surface area contributed by atoms with Gasteiger partial charge in [0, 0.05) is 16.1 Å². The molecule has 1 aromatic heterocycles. The number of hydrogen-bond donors (Lipinski definition) is 1. The molecule has 148 valence electrons. The summed E-state index contributed by atoms with van der Waals surface area (Å²) in [5, 5.41) is 5.19. The van der Waals surface area contributed by atoms with Gasteiger partial charge in [0.05, 0.1) is 17.1 Å². The van der Waals surface area contributed by atoms with Crippen LogP contribution in [0.15, 0.2) is 90.0 Å². The maximum Gasteiger partial charge on any atom is 0.244 e. The van der Waals surface area contributed by atoms with E-state index in [0.29, 0.717) is 11.0 Å². The highest BCUT2D eigenvalue weighted by Crippen LogP contribution is 2.26. The largest absolute Gasteiger partial charge is 0.245 e. The molecule has 0 bridgehead atoms. The molecule has 3 aromatic carbocycles. The Kier molecular flexibility index (Phi) is 5.87. The van der Waals surface area contributed by atoms with Gasteiger partial charge in [-0.3, -0.25) is 0 Å². The number of hydrazone groups is 1. The van der Waals surface area contributed by atoms with Gasteiger partial charge in [0.2, 0.25) is 5.95 Å². The van der Waals surface area contributed by atoms with Gasteiger partial charge in [0.25, 0.3) is 0 Å². The second-order valence-electron chi connectivity index (χ2n) is 7.01. The summed E-state index contributed by atoms with van der Waals surface area (Å²) in [6.07, 6.45) is 0. The molecule has 0 aliphatic rings. The van der Waals surface area contributed by atoms with Crippen molar-refractivity contribution in [3.05, 3.63) is 101 Å². The van der Waals surface area contributed by atoms with E-state index in [1.54, 1.807) is 0 Å². The van der Waals surface area contributed by atoms with Crippen molar-refractivity contribution >= 4 is 23.3 Å². The molecule has 4 nitrogen and oxygen atoms in total. The number of anilines is 1. The van der Waals surface area contributed by atoms with Crippen LogP contribution >= 0.6 is 11.6 Å². The molecule has 0 spiro atoms. The monoisotopic (exact) mass is 412 g/mol. The zero-order chi connectivity index (χ0) is 20.9. The minimum absolute atomic E-state index is 0.438. The van der Waals surface area contributed by atoms with Gasteiger partial charge in [0.1, 0.15) is 0 Å². The number of hydrogen-bond acceptors (Lipinski definition) is 4. The van der Waals surface area contributed by atoms with E-state index in [0.717, 1.165) is 33.8 Å². The Bertz CT molecular complexity index is 1170. The van der Waals surface area contributed by atoms with Crippen LogP contribution in [0, 0.1) is 6.92 Å². The predicted molar refractivity (Wildman–Crippen MR) is 125 cm³/mol. The third kappa shape index (κ3) is 4.73. The van der Waals surface area contributed by atoms with Gasteiger partial charge in [0.15, 0.2) is 0 Å². The second-order valence-corrected chi connectivity index (χ2v) is 7.45. The summed E-state index contributed by atoms with van der Waals surface area (Å²) in [6.45, 7) is 4.02. The molecule has 0 atom stereocenters. The first-order valence-corrected chi connectivity index (χ1v) is 10.0. The summed E-state index contributed by atoms with van der Waals surface area (Å²) in [7, 11) is 0. The lowest BCUT2D eigenvalue weighted by atomic mass is 10.1. The Balaban J connectivity index is 1.71. The van der Waals surface area contributed by atoms with Crippen molar-refractivity contribution in [2.75, 3.05) is 5.43 Å². The third-order valence-electron chi connectivity index (χ3n) is 4.73. The summed E-state index contributed by atoms with van der Waals surface area (Å²) >= 11 is 6.05. The van der Waals surface area contributed by atoms with Gasteiger partial charge >= 0.3 is 0 Å². The fourth-order valence-corrected chi connectivity index (χ4v) is 3.14. The van der Waals surface area contributed by atoms with Gasteiger partial charge in [-0.05, 0) is 37.6 Å². The number of nitrogens with one attached hydrogen (secondary N) is 1. The van der Waals surface area contributed by atoms with E-state index in [1.807, 2.05) is 67.6 Å². The van der Waals surface area contributed by atoms with Crippen LogP contribution in [0.25, 0.3) is 22.5 Å². The van der Waals surface area contributed by atoms with Crippen molar-refractivity contribution in [3.8, 4) is 22.5 Å². The minimum Gasteiger partial charge on any atom is -0.245 e. The lowest BCUT2D eigenvalue weighted by Gasteiger charge is -2.09. The van der Waals surface area contributed by atoms with Crippen LogP contribution in [-0.4, -0.2) is 15.7 Å². The molecule has 5 heteroatoms. The van der Waals surface area contributed by atoms with Crippen molar-refractivity contribution in [2.24, 2.45) is 5.10 Å². The highest BCUT2D eigenvalue weighted by molar-refractivity contribution is 6.30. The number of aromatic nitrogens is 2. The summed E-state index contributed by atoms with van der Waals surface area (Å²) in [5.74, 6) is 0.438. The van der Waals surface area contributed by atoms with Gasteiger partial charge in [-0.15, -0.1) is 0 Å².